The molecule has 11 N–H and O–H groups in total. The molecular weight excluding hydrogens is 523 g/mol. The van der Waals surface area contributed by atoms with Crippen molar-refractivity contribution >= 4 is 7.82 Å². The Labute approximate surface area is 203 Å². The molecule has 0 saturated carbocycles. The second kappa shape index (κ2) is 11.7. The predicted molar refractivity (Wildman–Crippen MR) is 106 cm³/mol. The predicted octanol–water partition coefficient (Wildman–Crippen LogP) is -6.82. The van der Waals surface area contributed by atoms with Crippen LogP contribution in [0.2, 0.25) is 0 Å². The lowest BCUT2D eigenvalue weighted by molar-refractivity contribution is -0.383. The van der Waals surface area contributed by atoms with Crippen LogP contribution < -0.4 is 0 Å². The highest BCUT2D eigenvalue weighted by Gasteiger charge is 2.61. The Balaban J connectivity index is 1.77. The van der Waals surface area contributed by atoms with E-state index in [0.717, 1.165) is 0 Å². The lowest BCUT2D eigenvalue weighted by atomic mass is 9.99. The molecule has 0 radical (unpaired) electrons. The molecule has 0 spiro atoms. The summed E-state index contributed by atoms with van der Waals surface area (Å²) in [5.41, 5.74) is 0. The zero-order valence-corrected chi connectivity index (χ0v) is 19.4. The van der Waals surface area contributed by atoms with Crippen LogP contribution in [0.1, 0.15) is 0 Å². The van der Waals surface area contributed by atoms with Gasteiger partial charge in [-0.05, 0) is 0 Å². The molecule has 3 aliphatic rings. The van der Waals surface area contributed by atoms with E-state index in [1.54, 1.807) is 0 Å². The number of aliphatic hydroxyl groups is 10. The first kappa shape index (κ1) is 30.1. The molecule has 3 fully saturated rings. The van der Waals surface area contributed by atoms with Crippen LogP contribution in [0.15, 0.2) is 0 Å². The maximum absolute atomic E-state index is 12.6. The van der Waals surface area contributed by atoms with Gasteiger partial charge >= 0.3 is 7.82 Å². The molecule has 212 valence electrons. The summed E-state index contributed by atoms with van der Waals surface area (Å²) in [6, 6.07) is 0. The Morgan fingerprint density at radius 1 is 0.833 bits per heavy atom. The summed E-state index contributed by atoms with van der Waals surface area (Å²) in [4.78, 5) is 10.2. The molecule has 0 aromatic carbocycles. The maximum atomic E-state index is 12.6. The fourth-order valence-corrected chi connectivity index (χ4v) is 5.11. The van der Waals surface area contributed by atoms with Crippen molar-refractivity contribution in [3.8, 4) is 0 Å². The van der Waals surface area contributed by atoms with Crippen LogP contribution in [0.5, 0.6) is 0 Å². The van der Waals surface area contributed by atoms with Crippen molar-refractivity contribution in [2.45, 2.75) is 79.4 Å². The lowest BCUT2D eigenvalue weighted by Gasteiger charge is -2.43. The van der Waals surface area contributed by atoms with Crippen molar-refractivity contribution in [2.24, 2.45) is 0 Å². The minimum atomic E-state index is -5.34. The Morgan fingerprint density at radius 2 is 1.44 bits per heavy atom. The van der Waals surface area contributed by atoms with E-state index in [-0.39, 0.29) is 0 Å². The average Bonchev–Trinajstić information content (AvgIpc) is 3.10. The minimum absolute atomic E-state index is 0.505. The molecule has 19 heteroatoms. The van der Waals surface area contributed by atoms with Gasteiger partial charge < -0.3 is 74.9 Å². The van der Waals surface area contributed by atoms with E-state index in [1.165, 1.54) is 0 Å². The molecule has 14 atom stereocenters. The molecule has 0 amide bonds. The molecule has 0 aromatic heterocycles. The smallest absolute Gasteiger partial charge is 0.394 e. The van der Waals surface area contributed by atoms with Crippen molar-refractivity contribution in [1.82, 2.24) is 0 Å². The number of hydrogen-bond donors (Lipinski definition) is 11. The van der Waals surface area contributed by atoms with Crippen LogP contribution >= 0.6 is 7.82 Å². The van der Waals surface area contributed by atoms with E-state index in [1.807, 2.05) is 0 Å². The summed E-state index contributed by atoms with van der Waals surface area (Å²) < 4.78 is 42.6. The SMILES string of the molecule is O=P(O)(O[C@@H]1[C@@H](O)[C@@H](O)CO[C@H]1O)O[C@@H]1[C@@H](CO)O[C@@](CO)(O[C@H]2O[C@H](CO)[C@H](O)[C@@H](O)[C@H]2O)[C@H]1O. The van der Waals surface area contributed by atoms with E-state index >= 15 is 0 Å². The van der Waals surface area contributed by atoms with Gasteiger partial charge in [0.05, 0.1) is 19.8 Å². The molecule has 1 unspecified atom stereocenters. The van der Waals surface area contributed by atoms with Crippen LogP contribution in [0.4, 0.5) is 0 Å². The van der Waals surface area contributed by atoms with Gasteiger partial charge in [-0.15, -0.1) is 0 Å². The van der Waals surface area contributed by atoms with Crippen LogP contribution in [0, 0.1) is 0 Å². The van der Waals surface area contributed by atoms with Gasteiger partial charge in [0.2, 0.25) is 5.79 Å². The van der Waals surface area contributed by atoms with Crippen LogP contribution in [-0.4, -0.2) is 162 Å². The number of phosphoric ester groups is 1. The standard InChI is InChI=1S/C17H31O18P/c18-1-6-9(23)10(24)11(25)16(31-6)33-17(4-20)14(26)12(7(2-19)32-17)34-36(28,29)35-13-8(22)5(21)3-30-15(13)27/h5-16,18-27H,1-4H2,(H,28,29)/t5-,6+,7+,8-,9-,10+,11+,12+,13+,14-,15+,16+,17-/m0/s1. The maximum Gasteiger partial charge on any atom is 0.473 e. The van der Waals surface area contributed by atoms with Gasteiger partial charge in [-0.25, -0.2) is 4.57 Å². The van der Waals surface area contributed by atoms with E-state index < -0.39 is 114 Å². The summed E-state index contributed by atoms with van der Waals surface area (Å²) in [6.45, 7) is -3.54. The summed E-state index contributed by atoms with van der Waals surface area (Å²) in [5, 5.41) is 99.0. The van der Waals surface area contributed by atoms with E-state index in [2.05, 4.69) is 0 Å². The Kier molecular flexibility index (Phi) is 9.82. The van der Waals surface area contributed by atoms with Crippen LogP contribution in [0.25, 0.3) is 0 Å². The molecule has 18 nitrogen and oxygen atoms in total. The van der Waals surface area contributed by atoms with Crippen LogP contribution in [-0.2, 0) is 32.6 Å². The van der Waals surface area contributed by atoms with Crippen molar-refractivity contribution < 1.29 is 88.5 Å². The molecule has 3 aliphatic heterocycles. The van der Waals surface area contributed by atoms with Gasteiger partial charge in [-0.3, -0.25) is 9.05 Å². The first-order valence-electron chi connectivity index (χ1n) is 10.7. The first-order chi connectivity index (χ1) is 16.8. The second-order valence-electron chi connectivity index (χ2n) is 8.46. The van der Waals surface area contributed by atoms with Gasteiger partial charge in [-0.2, -0.15) is 0 Å². The third-order valence-electron chi connectivity index (χ3n) is 6.00. The minimum Gasteiger partial charge on any atom is -0.394 e. The summed E-state index contributed by atoms with van der Waals surface area (Å²) in [5.74, 6) is -2.60. The molecule has 3 heterocycles. The van der Waals surface area contributed by atoms with Crippen molar-refractivity contribution in [1.29, 1.82) is 0 Å². The van der Waals surface area contributed by atoms with Gasteiger partial charge in [0, 0.05) is 0 Å². The molecule has 3 saturated heterocycles. The highest BCUT2D eigenvalue weighted by atomic mass is 31.2. The normalized spacial score (nSPS) is 49.6. The van der Waals surface area contributed by atoms with Crippen molar-refractivity contribution in [2.75, 3.05) is 26.4 Å². The quantitative estimate of drug-likeness (QED) is 0.118. The molecule has 0 aromatic rings. The monoisotopic (exact) mass is 554 g/mol. The zero-order valence-electron chi connectivity index (χ0n) is 18.5. The zero-order chi connectivity index (χ0) is 27.0. The van der Waals surface area contributed by atoms with Gasteiger partial charge in [-0.1, -0.05) is 0 Å². The average molecular weight is 554 g/mol. The fraction of sp³-hybridized carbons (Fsp3) is 1.00. The van der Waals surface area contributed by atoms with Crippen molar-refractivity contribution in [3.63, 3.8) is 0 Å². The molecule has 3 rings (SSSR count). The summed E-state index contributed by atoms with van der Waals surface area (Å²) in [6.07, 6.45) is -22.2. The van der Waals surface area contributed by atoms with E-state index in [4.69, 9.17) is 28.0 Å². The number of hydrogen-bond acceptors (Lipinski definition) is 17. The topological polar surface area (TPSA) is 295 Å². The van der Waals surface area contributed by atoms with Crippen molar-refractivity contribution in [3.05, 3.63) is 0 Å². The van der Waals surface area contributed by atoms with Crippen LogP contribution in [0.3, 0.4) is 0 Å². The Morgan fingerprint density at radius 3 is 2.03 bits per heavy atom. The second-order valence-corrected chi connectivity index (χ2v) is 9.82. The molecular formula is C17H31O18P. The van der Waals surface area contributed by atoms with Gasteiger partial charge in [0.1, 0.15) is 67.6 Å². The number of phosphoric acid groups is 1. The fourth-order valence-electron chi connectivity index (χ4n) is 3.97. The molecule has 36 heavy (non-hydrogen) atoms. The van der Waals surface area contributed by atoms with E-state index in [0.29, 0.717) is 0 Å². The summed E-state index contributed by atoms with van der Waals surface area (Å²) in [7, 11) is -5.34. The summed E-state index contributed by atoms with van der Waals surface area (Å²) >= 11 is 0. The van der Waals surface area contributed by atoms with Gasteiger partial charge in [0.25, 0.3) is 0 Å². The van der Waals surface area contributed by atoms with E-state index in [9.17, 15) is 60.5 Å². The number of rotatable bonds is 9. The molecule has 0 bridgehead atoms. The van der Waals surface area contributed by atoms with Gasteiger partial charge in [0.15, 0.2) is 12.6 Å². The Hall–Kier alpha value is -0.450. The third kappa shape index (κ3) is 5.91. The number of aliphatic hydroxyl groups excluding tert-OH is 10. The highest BCUT2D eigenvalue weighted by Crippen LogP contribution is 2.51. The Bertz CT molecular complexity index is 772. The largest absolute Gasteiger partial charge is 0.473 e. The highest BCUT2D eigenvalue weighted by molar-refractivity contribution is 7.47. The third-order valence-corrected chi connectivity index (χ3v) is 7.02. The lowest BCUT2D eigenvalue weighted by Crippen LogP contribution is -2.62. The molecule has 0 aliphatic carbocycles. The number of ether oxygens (including phenoxy) is 4. The first-order valence-corrected chi connectivity index (χ1v) is 12.2.